The van der Waals surface area contributed by atoms with Crippen LogP contribution < -0.4 is 5.32 Å². The smallest absolute Gasteiger partial charge is 0.271 e. The van der Waals surface area contributed by atoms with Gasteiger partial charge in [0.15, 0.2) is 0 Å². The molecule has 0 saturated carbocycles. The van der Waals surface area contributed by atoms with Crippen LogP contribution in [-0.2, 0) is 4.74 Å². The van der Waals surface area contributed by atoms with E-state index in [1.807, 2.05) is 6.92 Å². The molecular weight excluding hydrogens is 194 g/mol. The lowest BCUT2D eigenvalue weighted by Crippen LogP contribution is -2.26. The Kier molecular flexibility index (Phi) is 5.32. The predicted octanol–water partition coefficient (Wildman–Crippen LogP) is 0.879. The lowest BCUT2D eigenvalue weighted by atomic mass is 10.4. The number of carbonyl (C=O) groups excluding carboxylic acids is 1. The van der Waals surface area contributed by atoms with Crippen LogP contribution in [-0.4, -0.2) is 35.6 Å². The van der Waals surface area contributed by atoms with Crippen molar-refractivity contribution in [2.24, 2.45) is 0 Å². The average Bonchev–Trinajstić information content (AvgIpc) is 2.30. The maximum atomic E-state index is 11.4. The van der Waals surface area contributed by atoms with Gasteiger partial charge in [-0.3, -0.25) is 9.78 Å². The molecule has 0 atom stereocenters. The molecule has 1 N–H and O–H groups in total. The van der Waals surface area contributed by atoms with Crippen LogP contribution in [0.25, 0.3) is 0 Å². The van der Waals surface area contributed by atoms with Crippen molar-refractivity contribution in [3.63, 3.8) is 0 Å². The van der Waals surface area contributed by atoms with E-state index in [1.54, 1.807) is 0 Å². The van der Waals surface area contributed by atoms with E-state index in [9.17, 15) is 4.79 Å². The maximum Gasteiger partial charge on any atom is 0.271 e. The minimum Gasteiger partial charge on any atom is -0.382 e. The van der Waals surface area contributed by atoms with Crippen LogP contribution >= 0.6 is 0 Å². The molecule has 0 aliphatic carbocycles. The fourth-order valence-electron chi connectivity index (χ4n) is 1.03. The summed E-state index contributed by atoms with van der Waals surface area (Å²) in [6.45, 7) is 3.91. The van der Waals surface area contributed by atoms with Crippen LogP contribution in [0.2, 0.25) is 0 Å². The Bertz CT molecular complexity index is 295. The van der Waals surface area contributed by atoms with Crippen LogP contribution in [0.3, 0.4) is 0 Å². The molecule has 84 valence electrons. The van der Waals surface area contributed by atoms with Crippen molar-refractivity contribution < 1.29 is 11.0 Å². The third-order valence-electron chi connectivity index (χ3n) is 1.75. The van der Waals surface area contributed by atoms with E-state index in [4.69, 9.17) is 4.74 Å². The van der Waals surface area contributed by atoms with Gasteiger partial charge in [-0.1, -0.05) is 0 Å². The summed E-state index contributed by atoms with van der Waals surface area (Å²) in [7, 11) is 0. The topological polar surface area (TPSA) is 64.1 Å². The highest BCUT2D eigenvalue weighted by atomic mass is 16.5. The molecule has 5 nitrogen and oxygen atoms in total. The van der Waals surface area contributed by atoms with Gasteiger partial charge in [0.1, 0.15) is 5.69 Å². The summed E-state index contributed by atoms with van der Waals surface area (Å²) in [4.78, 5) is 19.1. The number of aromatic nitrogens is 2. The molecule has 0 aromatic carbocycles. The fourth-order valence-corrected chi connectivity index (χ4v) is 1.03. The molecule has 15 heavy (non-hydrogen) atoms. The van der Waals surface area contributed by atoms with Gasteiger partial charge in [-0.05, 0) is 13.3 Å². The molecule has 1 amide bonds. The van der Waals surface area contributed by atoms with E-state index >= 15 is 0 Å². The number of hydrogen-bond acceptors (Lipinski definition) is 4. The molecule has 0 unspecified atom stereocenters. The quantitative estimate of drug-likeness (QED) is 0.709. The number of nitrogens with one attached hydrogen (secondary N) is 1. The zero-order valence-corrected chi connectivity index (χ0v) is 8.77. The lowest BCUT2D eigenvalue weighted by molar-refractivity contribution is 0.0939. The van der Waals surface area contributed by atoms with Gasteiger partial charge in [0, 0.05) is 33.6 Å². The van der Waals surface area contributed by atoms with Crippen molar-refractivity contribution in [2.45, 2.75) is 13.3 Å². The van der Waals surface area contributed by atoms with Gasteiger partial charge in [0.25, 0.3) is 5.91 Å². The van der Waals surface area contributed by atoms with Gasteiger partial charge in [-0.25, -0.2) is 4.98 Å². The summed E-state index contributed by atoms with van der Waals surface area (Å²) >= 11 is 0. The van der Waals surface area contributed by atoms with Gasteiger partial charge in [-0.15, -0.1) is 0 Å². The van der Waals surface area contributed by atoms with E-state index in [1.165, 1.54) is 18.6 Å². The van der Waals surface area contributed by atoms with E-state index < -0.39 is 0 Å². The Labute approximate surface area is 90.4 Å². The highest BCUT2D eigenvalue weighted by Gasteiger charge is 2.04. The van der Waals surface area contributed by atoms with Crippen LogP contribution in [0.5, 0.6) is 0 Å². The molecule has 0 saturated heterocycles. The molecule has 0 radical (unpaired) electrons. The van der Waals surface area contributed by atoms with Gasteiger partial charge in [0.2, 0.25) is 0 Å². The first-order chi connectivity index (χ1) is 7.34. The first-order valence-corrected chi connectivity index (χ1v) is 4.96. The van der Waals surface area contributed by atoms with Crippen molar-refractivity contribution >= 4 is 5.91 Å². The van der Waals surface area contributed by atoms with Crippen molar-refractivity contribution in [2.75, 3.05) is 19.8 Å². The second-order valence-electron chi connectivity index (χ2n) is 2.90. The van der Waals surface area contributed by atoms with E-state index in [-0.39, 0.29) is 7.33 Å². The van der Waals surface area contributed by atoms with E-state index in [0.29, 0.717) is 25.5 Å². The molecular formula is C10H17N3O2. The highest BCUT2D eigenvalue weighted by molar-refractivity contribution is 5.91. The normalized spacial score (nSPS) is 9.93. The molecule has 0 fully saturated rings. The second kappa shape index (κ2) is 6.89. The van der Waals surface area contributed by atoms with Crippen molar-refractivity contribution in [1.82, 2.24) is 15.3 Å². The molecule has 0 aliphatic heterocycles. The summed E-state index contributed by atoms with van der Waals surface area (Å²) in [6, 6.07) is 0. The maximum absolute atomic E-state index is 11.4. The van der Waals surface area contributed by atoms with Crippen molar-refractivity contribution in [1.29, 1.82) is 0 Å². The van der Waals surface area contributed by atoms with Crippen LogP contribution in [0.4, 0.5) is 0 Å². The Morgan fingerprint density at radius 3 is 3.13 bits per heavy atom. The van der Waals surface area contributed by atoms with Crippen molar-refractivity contribution in [3.05, 3.63) is 24.3 Å². The highest BCUT2D eigenvalue weighted by Crippen LogP contribution is 1.89. The Hall–Kier alpha value is -1.49. The molecule has 0 bridgehead atoms. The van der Waals surface area contributed by atoms with Gasteiger partial charge < -0.3 is 10.1 Å². The van der Waals surface area contributed by atoms with Crippen LogP contribution in [0.1, 0.15) is 25.3 Å². The third-order valence-corrected chi connectivity index (χ3v) is 1.75. The van der Waals surface area contributed by atoms with Crippen molar-refractivity contribution in [3.8, 4) is 0 Å². The molecule has 1 aromatic heterocycles. The number of nitrogens with zero attached hydrogens (tertiary/aromatic N) is 2. The molecule has 0 aliphatic rings. The molecule has 5 heteroatoms. The fraction of sp³-hybridized carbons (Fsp3) is 0.500. The summed E-state index contributed by atoms with van der Waals surface area (Å²) in [5.74, 6) is -0.195. The zero-order valence-electron chi connectivity index (χ0n) is 8.77. The molecule has 1 heterocycles. The first kappa shape index (κ1) is 11.6. The lowest BCUT2D eigenvalue weighted by Gasteiger charge is -2.03. The Balaban J connectivity index is 0.00000225. The zero-order chi connectivity index (χ0) is 10.9. The number of carbonyl (C=O) groups is 1. The monoisotopic (exact) mass is 211 g/mol. The summed E-state index contributed by atoms with van der Waals surface area (Å²) in [6.07, 6.45) is 5.28. The number of amides is 1. The van der Waals surface area contributed by atoms with E-state index in [0.717, 1.165) is 6.42 Å². The average molecular weight is 211 g/mol. The second-order valence-corrected chi connectivity index (χ2v) is 2.90. The van der Waals surface area contributed by atoms with Crippen LogP contribution in [0.15, 0.2) is 18.6 Å². The standard InChI is InChI=1S/C10H15N3O2.H2/c1-2-15-7-3-4-13-10(14)9-8-11-5-6-12-9;/h5-6,8H,2-4,7H2,1H3,(H,13,14);1H. The molecule has 1 aromatic rings. The summed E-state index contributed by atoms with van der Waals surface area (Å²) < 4.78 is 5.14. The minimum absolute atomic E-state index is 0. The van der Waals surface area contributed by atoms with E-state index in [2.05, 4.69) is 15.3 Å². The number of rotatable bonds is 6. The number of ether oxygens (including phenoxy) is 1. The Morgan fingerprint density at radius 2 is 2.47 bits per heavy atom. The first-order valence-electron chi connectivity index (χ1n) is 4.96. The summed E-state index contributed by atoms with van der Waals surface area (Å²) in [5.41, 5.74) is 0.342. The molecule has 1 rings (SSSR count). The van der Waals surface area contributed by atoms with Gasteiger partial charge >= 0.3 is 0 Å². The SMILES string of the molecule is CCOCCCNC(=O)c1cnccn1.[HH]. The minimum atomic E-state index is -0.195. The number of hydrogen-bond donors (Lipinski definition) is 1. The summed E-state index contributed by atoms with van der Waals surface area (Å²) in [5, 5.41) is 2.74. The predicted molar refractivity (Wildman–Crippen MR) is 57.6 cm³/mol. The molecule has 0 spiro atoms. The largest absolute Gasteiger partial charge is 0.382 e. The Morgan fingerprint density at radius 1 is 1.60 bits per heavy atom. The van der Waals surface area contributed by atoms with Crippen LogP contribution in [0, 0.1) is 0 Å². The third kappa shape index (κ3) is 4.51. The van der Waals surface area contributed by atoms with Gasteiger partial charge in [0.05, 0.1) is 6.20 Å². The van der Waals surface area contributed by atoms with Gasteiger partial charge in [-0.2, -0.15) is 0 Å².